The van der Waals surface area contributed by atoms with Gasteiger partial charge in [0.05, 0.1) is 0 Å². The van der Waals surface area contributed by atoms with Crippen LogP contribution in [0.1, 0.15) is 23.6 Å². The van der Waals surface area contributed by atoms with Gasteiger partial charge in [-0.2, -0.15) is 11.8 Å². The molecule has 82 valence electrons. The van der Waals surface area contributed by atoms with E-state index in [4.69, 9.17) is 0 Å². The lowest BCUT2D eigenvalue weighted by atomic mass is 10.1. The Morgan fingerprint density at radius 1 is 1.53 bits per heavy atom. The van der Waals surface area contributed by atoms with Gasteiger partial charge in [0.25, 0.3) is 0 Å². The molecule has 0 amide bonds. The number of fused-ring (bicyclic) bond motifs is 1. The van der Waals surface area contributed by atoms with Crippen molar-refractivity contribution in [3.8, 4) is 0 Å². The van der Waals surface area contributed by atoms with Gasteiger partial charge in [-0.05, 0) is 42.4 Å². The van der Waals surface area contributed by atoms with Crippen LogP contribution in [-0.4, -0.2) is 18.6 Å². The first-order chi connectivity index (χ1) is 7.31. The Morgan fingerprint density at radius 3 is 3.20 bits per heavy atom. The zero-order valence-electron chi connectivity index (χ0n) is 8.92. The Balaban J connectivity index is 2.02. The summed E-state index contributed by atoms with van der Waals surface area (Å²) in [5.74, 6) is 1.02. The lowest BCUT2D eigenvalue weighted by molar-refractivity contribution is 0.551. The molecule has 0 saturated carbocycles. The van der Waals surface area contributed by atoms with Crippen LogP contribution in [0.3, 0.4) is 0 Å². The predicted molar refractivity (Wildman–Crippen MR) is 63.8 cm³/mol. The molecule has 0 fully saturated rings. The summed E-state index contributed by atoms with van der Waals surface area (Å²) in [6.07, 6.45) is 4.22. The second-order valence-corrected chi connectivity index (χ2v) is 4.87. The maximum Gasteiger partial charge on any atom is 0.123 e. The number of halogens is 1. The lowest BCUT2D eigenvalue weighted by Crippen LogP contribution is -2.21. The first-order valence-corrected chi connectivity index (χ1v) is 6.71. The Kier molecular flexibility index (Phi) is 3.65. The number of aryl methyl sites for hydroxylation is 1. The quantitative estimate of drug-likeness (QED) is 0.791. The van der Waals surface area contributed by atoms with E-state index in [-0.39, 0.29) is 5.82 Å². The smallest absolute Gasteiger partial charge is 0.123 e. The molecule has 0 bridgehead atoms. The highest BCUT2D eigenvalue weighted by molar-refractivity contribution is 7.98. The number of thioether (sulfide) groups is 1. The summed E-state index contributed by atoms with van der Waals surface area (Å²) in [4.78, 5) is 0. The van der Waals surface area contributed by atoms with Crippen molar-refractivity contribution in [2.45, 2.75) is 18.9 Å². The molecule has 1 nitrogen and oxygen atoms in total. The highest BCUT2D eigenvalue weighted by Crippen LogP contribution is 2.31. The van der Waals surface area contributed by atoms with Crippen LogP contribution in [0.25, 0.3) is 0 Å². The fourth-order valence-corrected chi connectivity index (χ4v) is 2.46. The van der Waals surface area contributed by atoms with Crippen LogP contribution in [0.4, 0.5) is 4.39 Å². The van der Waals surface area contributed by atoms with Crippen molar-refractivity contribution in [3.63, 3.8) is 0 Å². The standard InChI is InChI=1S/C12H16FNS/c1-15-7-6-14-12-5-2-9-8-10(13)3-4-11(9)12/h3-4,8,12,14H,2,5-7H2,1H3. The van der Waals surface area contributed by atoms with Crippen molar-refractivity contribution in [1.82, 2.24) is 5.32 Å². The number of rotatable bonds is 4. The van der Waals surface area contributed by atoms with Crippen molar-refractivity contribution in [1.29, 1.82) is 0 Å². The van der Waals surface area contributed by atoms with E-state index < -0.39 is 0 Å². The highest BCUT2D eigenvalue weighted by atomic mass is 32.2. The number of nitrogens with one attached hydrogen (secondary N) is 1. The summed E-state index contributed by atoms with van der Waals surface area (Å²) in [5, 5.41) is 3.51. The number of benzene rings is 1. The van der Waals surface area contributed by atoms with E-state index in [0.717, 1.165) is 25.1 Å². The zero-order chi connectivity index (χ0) is 10.7. The molecule has 2 rings (SSSR count). The third kappa shape index (κ3) is 2.52. The molecule has 0 saturated heterocycles. The molecule has 0 spiro atoms. The zero-order valence-corrected chi connectivity index (χ0v) is 9.74. The molecule has 0 heterocycles. The van der Waals surface area contributed by atoms with Gasteiger partial charge in [-0.15, -0.1) is 0 Å². The Bertz CT molecular complexity index is 340. The third-order valence-electron chi connectivity index (χ3n) is 2.88. The van der Waals surface area contributed by atoms with Crippen molar-refractivity contribution >= 4 is 11.8 Å². The molecule has 1 unspecified atom stereocenters. The second kappa shape index (κ2) is 4.99. The minimum absolute atomic E-state index is 0.112. The van der Waals surface area contributed by atoms with Gasteiger partial charge in [-0.1, -0.05) is 6.07 Å². The molecule has 0 aromatic heterocycles. The van der Waals surface area contributed by atoms with Gasteiger partial charge in [0, 0.05) is 18.3 Å². The number of hydrogen-bond acceptors (Lipinski definition) is 2. The SMILES string of the molecule is CSCCNC1CCc2cc(F)ccc21. The molecule has 1 aromatic carbocycles. The first-order valence-electron chi connectivity index (χ1n) is 5.32. The molecule has 0 radical (unpaired) electrons. The van der Waals surface area contributed by atoms with E-state index in [1.165, 1.54) is 11.1 Å². The van der Waals surface area contributed by atoms with Crippen molar-refractivity contribution in [3.05, 3.63) is 35.1 Å². The van der Waals surface area contributed by atoms with Gasteiger partial charge in [0.2, 0.25) is 0 Å². The molecule has 3 heteroatoms. The highest BCUT2D eigenvalue weighted by Gasteiger charge is 2.21. The number of hydrogen-bond donors (Lipinski definition) is 1. The Labute approximate surface area is 94.5 Å². The van der Waals surface area contributed by atoms with Crippen LogP contribution in [0, 0.1) is 5.82 Å². The average Bonchev–Trinajstić information content (AvgIpc) is 2.61. The van der Waals surface area contributed by atoms with E-state index in [1.54, 1.807) is 12.1 Å². The van der Waals surface area contributed by atoms with Crippen LogP contribution < -0.4 is 5.32 Å². The molecule has 1 atom stereocenters. The van der Waals surface area contributed by atoms with Crippen molar-refractivity contribution < 1.29 is 4.39 Å². The fourth-order valence-electron chi connectivity index (χ4n) is 2.13. The molecule has 0 aliphatic heterocycles. The van der Waals surface area contributed by atoms with Crippen LogP contribution in [0.15, 0.2) is 18.2 Å². The monoisotopic (exact) mass is 225 g/mol. The normalized spacial score (nSPS) is 19.2. The molecule has 1 aliphatic rings. The van der Waals surface area contributed by atoms with Gasteiger partial charge in [0.15, 0.2) is 0 Å². The summed E-state index contributed by atoms with van der Waals surface area (Å²) < 4.78 is 13.0. The van der Waals surface area contributed by atoms with E-state index in [2.05, 4.69) is 11.6 Å². The predicted octanol–water partition coefficient (Wildman–Crippen LogP) is 2.77. The second-order valence-electron chi connectivity index (χ2n) is 3.88. The van der Waals surface area contributed by atoms with Crippen LogP contribution >= 0.6 is 11.8 Å². The first kappa shape index (κ1) is 11.0. The molecule has 1 aliphatic carbocycles. The topological polar surface area (TPSA) is 12.0 Å². The largest absolute Gasteiger partial charge is 0.309 e. The maximum absolute atomic E-state index is 13.0. The van der Waals surface area contributed by atoms with Crippen molar-refractivity contribution in [2.75, 3.05) is 18.6 Å². The molecular formula is C12H16FNS. The minimum atomic E-state index is -0.112. The summed E-state index contributed by atoms with van der Waals surface area (Å²) in [7, 11) is 0. The Hall–Kier alpha value is -0.540. The summed E-state index contributed by atoms with van der Waals surface area (Å²) in [5.41, 5.74) is 2.47. The maximum atomic E-state index is 13.0. The van der Waals surface area contributed by atoms with Gasteiger partial charge >= 0.3 is 0 Å². The summed E-state index contributed by atoms with van der Waals surface area (Å²) in [6, 6.07) is 5.60. The average molecular weight is 225 g/mol. The van der Waals surface area contributed by atoms with Gasteiger partial charge in [-0.3, -0.25) is 0 Å². The van der Waals surface area contributed by atoms with Crippen LogP contribution in [0.5, 0.6) is 0 Å². The van der Waals surface area contributed by atoms with Crippen molar-refractivity contribution in [2.24, 2.45) is 0 Å². The van der Waals surface area contributed by atoms with E-state index in [9.17, 15) is 4.39 Å². The fraction of sp³-hybridized carbons (Fsp3) is 0.500. The molecule has 1 N–H and O–H groups in total. The van der Waals surface area contributed by atoms with Crippen LogP contribution in [0.2, 0.25) is 0 Å². The van der Waals surface area contributed by atoms with Gasteiger partial charge < -0.3 is 5.32 Å². The minimum Gasteiger partial charge on any atom is -0.309 e. The van der Waals surface area contributed by atoms with E-state index >= 15 is 0 Å². The van der Waals surface area contributed by atoms with E-state index in [0.29, 0.717) is 6.04 Å². The third-order valence-corrected chi connectivity index (χ3v) is 3.49. The Morgan fingerprint density at radius 2 is 2.40 bits per heavy atom. The lowest BCUT2D eigenvalue weighted by Gasteiger charge is -2.13. The van der Waals surface area contributed by atoms with Gasteiger partial charge in [0.1, 0.15) is 5.82 Å². The van der Waals surface area contributed by atoms with Crippen LogP contribution in [-0.2, 0) is 6.42 Å². The van der Waals surface area contributed by atoms with Gasteiger partial charge in [-0.25, -0.2) is 4.39 Å². The molecule has 15 heavy (non-hydrogen) atoms. The summed E-state index contributed by atoms with van der Waals surface area (Å²) in [6.45, 7) is 1.03. The van der Waals surface area contributed by atoms with E-state index in [1.807, 2.05) is 17.8 Å². The molecular weight excluding hydrogens is 209 g/mol. The summed E-state index contributed by atoms with van der Waals surface area (Å²) >= 11 is 1.85. The molecule has 1 aromatic rings.